The lowest BCUT2D eigenvalue weighted by atomic mass is 9.95. The first kappa shape index (κ1) is 20.0. The van der Waals surface area contributed by atoms with Crippen molar-refractivity contribution in [2.75, 3.05) is 24.3 Å². The van der Waals surface area contributed by atoms with E-state index in [0.29, 0.717) is 12.4 Å². The molecule has 2 N–H and O–H groups in total. The van der Waals surface area contributed by atoms with Crippen LogP contribution in [0.3, 0.4) is 0 Å². The van der Waals surface area contributed by atoms with Gasteiger partial charge in [-0.05, 0) is 41.8 Å². The molecule has 1 aromatic carbocycles. The van der Waals surface area contributed by atoms with Crippen LogP contribution in [0, 0.1) is 0 Å². The Morgan fingerprint density at radius 1 is 1.07 bits per heavy atom. The second-order valence-corrected chi connectivity index (χ2v) is 7.16. The van der Waals surface area contributed by atoms with Gasteiger partial charge in [-0.3, -0.25) is 0 Å². The first-order valence-corrected chi connectivity index (χ1v) is 9.56. The predicted octanol–water partition coefficient (Wildman–Crippen LogP) is 4.87. The zero-order valence-corrected chi connectivity index (χ0v) is 16.3. The van der Waals surface area contributed by atoms with Gasteiger partial charge in [0.15, 0.2) is 0 Å². The lowest BCUT2D eigenvalue weighted by Gasteiger charge is -2.13. The molecule has 156 valence electrons. The number of benzene rings is 1. The molecule has 1 atom stereocenters. The van der Waals surface area contributed by atoms with E-state index in [1.54, 1.807) is 13.3 Å². The molecule has 3 aromatic rings. The van der Waals surface area contributed by atoms with E-state index in [0.717, 1.165) is 53.4 Å². The van der Waals surface area contributed by atoms with Crippen molar-refractivity contribution in [2.24, 2.45) is 0 Å². The number of rotatable bonds is 6. The molecule has 1 aliphatic rings. The minimum Gasteiger partial charge on any atom is -0.496 e. The maximum atomic E-state index is 12.6. The molecule has 0 bridgehead atoms. The number of pyridine rings is 2. The first-order chi connectivity index (χ1) is 14.4. The zero-order valence-electron chi connectivity index (χ0n) is 16.3. The number of methoxy groups -OCH3 is 1. The summed E-state index contributed by atoms with van der Waals surface area (Å²) in [5.74, 6) is 2.61. The summed E-state index contributed by atoms with van der Waals surface area (Å²) >= 11 is 0. The largest absolute Gasteiger partial charge is 0.496 e. The Bertz CT molecular complexity index is 1000. The van der Waals surface area contributed by atoms with Crippen molar-refractivity contribution >= 4 is 11.6 Å². The SMILES string of the molecule is COc1ccnc2c1C(Cc1ccc(NCc3ccc(C(F)(F)F)cc3)nc1)CN2. The molecule has 30 heavy (non-hydrogen) atoms. The van der Waals surface area contributed by atoms with Crippen LogP contribution in [-0.2, 0) is 19.1 Å². The Kier molecular flexibility index (Phi) is 5.48. The van der Waals surface area contributed by atoms with E-state index in [2.05, 4.69) is 20.6 Å². The van der Waals surface area contributed by atoms with Gasteiger partial charge >= 0.3 is 6.18 Å². The lowest BCUT2D eigenvalue weighted by Crippen LogP contribution is -2.07. The first-order valence-electron chi connectivity index (χ1n) is 9.56. The second-order valence-electron chi connectivity index (χ2n) is 7.16. The molecule has 1 aliphatic heterocycles. The number of fused-ring (bicyclic) bond motifs is 1. The van der Waals surface area contributed by atoms with E-state index in [4.69, 9.17) is 4.74 Å². The number of halogens is 3. The molecule has 2 aromatic heterocycles. The fraction of sp³-hybridized carbons (Fsp3) is 0.273. The molecule has 0 fully saturated rings. The number of anilines is 2. The number of nitrogens with one attached hydrogen (secondary N) is 2. The molecule has 0 saturated heterocycles. The highest BCUT2D eigenvalue weighted by molar-refractivity contribution is 5.58. The molecular formula is C22H21F3N4O. The zero-order chi connectivity index (χ0) is 21.1. The van der Waals surface area contributed by atoms with Crippen LogP contribution in [0.25, 0.3) is 0 Å². The smallest absolute Gasteiger partial charge is 0.416 e. The number of alkyl halides is 3. The summed E-state index contributed by atoms with van der Waals surface area (Å²) in [6.45, 7) is 1.18. The van der Waals surface area contributed by atoms with Crippen molar-refractivity contribution < 1.29 is 17.9 Å². The Balaban J connectivity index is 1.37. The number of ether oxygens (including phenoxy) is 1. The van der Waals surface area contributed by atoms with Crippen LogP contribution < -0.4 is 15.4 Å². The van der Waals surface area contributed by atoms with Gasteiger partial charge in [0.2, 0.25) is 0 Å². The molecule has 5 nitrogen and oxygen atoms in total. The fourth-order valence-corrected chi connectivity index (χ4v) is 3.60. The van der Waals surface area contributed by atoms with E-state index in [1.807, 2.05) is 24.4 Å². The minimum absolute atomic E-state index is 0.247. The van der Waals surface area contributed by atoms with Gasteiger partial charge in [-0.25, -0.2) is 9.97 Å². The summed E-state index contributed by atoms with van der Waals surface area (Å²) in [5.41, 5.74) is 2.27. The topological polar surface area (TPSA) is 59.1 Å². The molecule has 0 amide bonds. The van der Waals surface area contributed by atoms with Crippen molar-refractivity contribution in [1.82, 2.24) is 9.97 Å². The fourth-order valence-electron chi connectivity index (χ4n) is 3.60. The molecule has 3 heterocycles. The van der Waals surface area contributed by atoms with Gasteiger partial charge in [0, 0.05) is 37.0 Å². The third kappa shape index (κ3) is 4.32. The van der Waals surface area contributed by atoms with Gasteiger partial charge in [0.1, 0.15) is 17.4 Å². The quantitative estimate of drug-likeness (QED) is 0.603. The lowest BCUT2D eigenvalue weighted by molar-refractivity contribution is -0.137. The molecule has 0 radical (unpaired) electrons. The molecule has 0 spiro atoms. The van der Waals surface area contributed by atoms with Gasteiger partial charge in [0.05, 0.1) is 12.7 Å². The van der Waals surface area contributed by atoms with Crippen molar-refractivity contribution in [2.45, 2.75) is 25.1 Å². The third-order valence-electron chi connectivity index (χ3n) is 5.16. The number of hydrogen-bond acceptors (Lipinski definition) is 5. The summed E-state index contributed by atoms with van der Waals surface area (Å²) in [5, 5.41) is 6.45. The standard InChI is InChI=1S/C22H21F3N4O/c1-30-18-8-9-26-21-20(18)16(13-29-21)10-15-4-7-19(28-12-15)27-11-14-2-5-17(6-3-14)22(23,24)25/h2-9,12,16H,10-11,13H2,1H3,(H,26,29)(H,27,28). The van der Waals surface area contributed by atoms with E-state index in [1.165, 1.54) is 12.1 Å². The molecular weight excluding hydrogens is 393 g/mol. The van der Waals surface area contributed by atoms with Crippen molar-refractivity contribution in [3.63, 3.8) is 0 Å². The van der Waals surface area contributed by atoms with E-state index in [-0.39, 0.29) is 5.92 Å². The van der Waals surface area contributed by atoms with E-state index < -0.39 is 11.7 Å². The molecule has 0 aliphatic carbocycles. The summed E-state index contributed by atoms with van der Waals surface area (Å²) in [7, 11) is 1.66. The Morgan fingerprint density at radius 3 is 2.50 bits per heavy atom. The van der Waals surface area contributed by atoms with Gasteiger partial charge < -0.3 is 15.4 Å². The summed E-state index contributed by atoms with van der Waals surface area (Å²) in [6.07, 6.45) is 0.0225. The van der Waals surface area contributed by atoms with Gasteiger partial charge in [-0.2, -0.15) is 13.2 Å². The maximum absolute atomic E-state index is 12.6. The number of aromatic nitrogens is 2. The Labute approximate surface area is 172 Å². The summed E-state index contributed by atoms with van der Waals surface area (Å²) < 4.78 is 43.4. The van der Waals surface area contributed by atoms with Crippen LogP contribution in [0.1, 0.15) is 28.2 Å². The monoisotopic (exact) mass is 414 g/mol. The molecule has 8 heteroatoms. The van der Waals surface area contributed by atoms with Gasteiger partial charge in [-0.1, -0.05) is 18.2 Å². The highest BCUT2D eigenvalue weighted by Gasteiger charge is 2.30. The highest BCUT2D eigenvalue weighted by atomic mass is 19.4. The van der Waals surface area contributed by atoms with Crippen molar-refractivity contribution in [1.29, 1.82) is 0 Å². The second kappa shape index (κ2) is 8.22. The summed E-state index contributed by atoms with van der Waals surface area (Å²) in [4.78, 5) is 8.80. The van der Waals surface area contributed by atoms with Crippen LogP contribution in [0.2, 0.25) is 0 Å². The van der Waals surface area contributed by atoms with E-state index in [9.17, 15) is 13.2 Å². The van der Waals surface area contributed by atoms with Crippen LogP contribution in [0.4, 0.5) is 24.8 Å². The highest BCUT2D eigenvalue weighted by Crippen LogP contribution is 2.38. The average molecular weight is 414 g/mol. The number of nitrogens with zero attached hydrogens (tertiary/aromatic N) is 2. The Morgan fingerprint density at radius 2 is 1.83 bits per heavy atom. The molecule has 4 rings (SSSR count). The summed E-state index contributed by atoms with van der Waals surface area (Å²) in [6, 6.07) is 10.9. The third-order valence-corrected chi connectivity index (χ3v) is 5.16. The molecule has 1 unspecified atom stereocenters. The van der Waals surface area contributed by atoms with Crippen LogP contribution >= 0.6 is 0 Å². The normalized spacial score (nSPS) is 15.4. The molecule has 0 saturated carbocycles. The van der Waals surface area contributed by atoms with Crippen LogP contribution in [-0.4, -0.2) is 23.6 Å². The van der Waals surface area contributed by atoms with Gasteiger partial charge in [0.25, 0.3) is 0 Å². The predicted molar refractivity (Wildman–Crippen MR) is 109 cm³/mol. The van der Waals surface area contributed by atoms with Crippen LogP contribution in [0.15, 0.2) is 54.9 Å². The average Bonchev–Trinajstić information content (AvgIpc) is 3.16. The maximum Gasteiger partial charge on any atom is 0.416 e. The number of hydrogen-bond donors (Lipinski definition) is 2. The van der Waals surface area contributed by atoms with Gasteiger partial charge in [-0.15, -0.1) is 0 Å². The van der Waals surface area contributed by atoms with Crippen molar-refractivity contribution in [3.8, 4) is 5.75 Å². The Hall–Kier alpha value is -3.29. The van der Waals surface area contributed by atoms with Crippen LogP contribution in [0.5, 0.6) is 5.75 Å². The van der Waals surface area contributed by atoms with E-state index >= 15 is 0 Å². The van der Waals surface area contributed by atoms with Crippen molar-refractivity contribution in [3.05, 3.63) is 77.1 Å². The minimum atomic E-state index is -4.32.